The number of aryl methyl sites for hydroxylation is 1. The van der Waals surface area contributed by atoms with Gasteiger partial charge >= 0.3 is 6.03 Å². The Morgan fingerprint density at radius 3 is 2.14 bits per heavy atom. The van der Waals surface area contributed by atoms with Crippen LogP contribution in [0.5, 0.6) is 11.5 Å². The smallest absolute Gasteiger partial charge is 0.323 e. The molecule has 1 aliphatic rings. The molecular formula is C30H28ClN3O2. The molecule has 5 rings (SSSR count). The number of halogens is 1. The van der Waals surface area contributed by atoms with E-state index >= 15 is 0 Å². The summed E-state index contributed by atoms with van der Waals surface area (Å²) in [7, 11) is 2.18. The second kappa shape index (κ2) is 10.4. The van der Waals surface area contributed by atoms with E-state index in [9.17, 15) is 4.79 Å². The number of carbonyl (C=O) groups is 1. The third kappa shape index (κ3) is 5.54. The highest BCUT2D eigenvalue weighted by atomic mass is 35.5. The molecule has 0 aliphatic carbocycles. The van der Waals surface area contributed by atoms with Crippen LogP contribution in [-0.2, 0) is 6.42 Å². The number of carbonyl (C=O) groups excluding carboxylic acids is 1. The minimum Gasteiger partial charge on any atom is -0.457 e. The molecule has 1 aliphatic heterocycles. The fourth-order valence-corrected chi connectivity index (χ4v) is 4.67. The molecule has 0 bridgehead atoms. The molecule has 0 fully saturated rings. The molecular weight excluding hydrogens is 470 g/mol. The van der Waals surface area contributed by atoms with Crippen molar-refractivity contribution in [2.75, 3.05) is 24.2 Å². The maximum absolute atomic E-state index is 12.3. The highest BCUT2D eigenvalue weighted by molar-refractivity contribution is 6.30. The van der Waals surface area contributed by atoms with E-state index in [-0.39, 0.29) is 12.1 Å². The number of urea groups is 1. The molecule has 0 saturated carbocycles. The van der Waals surface area contributed by atoms with Crippen LogP contribution in [0.4, 0.5) is 16.2 Å². The number of nitrogens with zero attached hydrogens (tertiary/aromatic N) is 1. The molecule has 4 aromatic rings. The molecule has 2 amide bonds. The Kier molecular flexibility index (Phi) is 6.94. The van der Waals surface area contributed by atoms with Gasteiger partial charge in [0.05, 0.1) is 6.04 Å². The van der Waals surface area contributed by atoms with Gasteiger partial charge in [-0.25, -0.2) is 4.79 Å². The van der Waals surface area contributed by atoms with E-state index in [2.05, 4.69) is 65.9 Å². The molecule has 0 aromatic heterocycles. The Morgan fingerprint density at radius 2 is 1.47 bits per heavy atom. The van der Waals surface area contributed by atoms with Gasteiger partial charge in [0.1, 0.15) is 11.5 Å². The summed E-state index contributed by atoms with van der Waals surface area (Å²) in [5.41, 5.74) is 6.55. The van der Waals surface area contributed by atoms with E-state index in [1.165, 1.54) is 22.3 Å². The van der Waals surface area contributed by atoms with E-state index in [0.717, 1.165) is 18.7 Å². The van der Waals surface area contributed by atoms with Crippen molar-refractivity contribution in [3.8, 4) is 11.5 Å². The minimum atomic E-state index is -0.325. The first-order valence-corrected chi connectivity index (χ1v) is 12.3. The average molecular weight is 498 g/mol. The summed E-state index contributed by atoms with van der Waals surface area (Å²) in [6.07, 6.45) is 0.983. The van der Waals surface area contributed by atoms with Crippen LogP contribution >= 0.6 is 11.6 Å². The van der Waals surface area contributed by atoms with E-state index in [1.54, 1.807) is 24.3 Å². The monoisotopic (exact) mass is 497 g/mol. The number of nitrogens with one attached hydrogen (secondary N) is 2. The lowest BCUT2D eigenvalue weighted by Crippen LogP contribution is -2.32. The van der Waals surface area contributed by atoms with Gasteiger partial charge < -0.3 is 15.4 Å². The highest BCUT2D eigenvalue weighted by Gasteiger charge is 2.26. The number of fused-ring (bicyclic) bond motifs is 1. The maximum Gasteiger partial charge on any atom is 0.323 e. The van der Waals surface area contributed by atoms with Gasteiger partial charge in [0.25, 0.3) is 0 Å². The summed E-state index contributed by atoms with van der Waals surface area (Å²) >= 11 is 5.89. The second-order valence-electron chi connectivity index (χ2n) is 9.12. The standard InChI is InChI=1S/C30H28ClN3O2/c1-20-3-5-21(6-4-20)29-28-16-15-27(19-22(28)17-18-34(29)2)36-26-13-11-25(12-14-26)33-30(35)32-24-9-7-23(31)8-10-24/h3-16,19,29H,17-18H2,1-2H3,(H2,32,33,35). The van der Waals surface area contributed by atoms with Crippen LogP contribution in [-0.4, -0.2) is 24.5 Å². The largest absolute Gasteiger partial charge is 0.457 e. The maximum atomic E-state index is 12.3. The molecule has 4 aromatic carbocycles. The van der Waals surface area contributed by atoms with Crippen LogP contribution in [0.25, 0.3) is 0 Å². The average Bonchev–Trinajstić information content (AvgIpc) is 2.87. The Balaban J connectivity index is 1.25. The number of likely N-dealkylation sites (N-methyl/N-ethyl adjacent to an activating group) is 1. The van der Waals surface area contributed by atoms with Crippen molar-refractivity contribution in [2.45, 2.75) is 19.4 Å². The van der Waals surface area contributed by atoms with E-state index in [0.29, 0.717) is 22.1 Å². The fraction of sp³-hybridized carbons (Fsp3) is 0.167. The molecule has 6 heteroatoms. The summed E-state index contributed by atoms with van der Waals surface area (Å²) < 4.78 is 6.14. The minimum absolute atomic E-state index is 0.243. The first-order chi connectivity index (χ1) is 17.4. The van der Waals surface area contributed by atoms with Gasteiger partial charge in [0.2, 0.25) is 0 Å². The third-order valence-corrected chi connectivity index (χ3v) is 6.68. The summed E-state index contributed by atoms with van der Waals surface area (Å²) in [5.74, 6) is 1.52. The number of rotatable bonds is 5. The number of anilines is 2. The zero-order valence-electron chi connectivity index (χ0n) is 20.3. The zero-order valence-corrected chi connectivity index (χ0v) is 21.0. The number of benzene rings is 4. The second-order valence-corrected chi connectivity index (χ2v) is 9.55. The van der Waals surface area contributed by atoms with Gasteiger partial charge in [-0.05, 0) is 97.7 Å². The Morgan fingerprint density at radius 1 is 0.861 bits per heavy atom. The summed E-state index contributed by atoms with van der Waals surface area (Å²) in [6, 6.07) is 29.4. The number of hydrogen-bond donors (Lipinski definition) is 2. The lowest BCUT2D eigenvalue weighted by molar-refractivity contribution is 0.262. The normalized spacial score (nSPS) is 15.1. The van der Waals surface area contributed by atoms with Crippen molar-refractivity contribution >= 4 is 29.0 Å². The van der Waals surface area contributed by atoms with E-state index in [4.69, 9.17) is 16.3 Å². The van der Waals surface area contributed by atoms with E-state index < -0.39 is 0 Å². The van der Waals surface area contributed by atoms with Crippen molar-refractivity contribution in [3.63, 3.8) is 0 Å². The first-order valence-electron chi connectivity index (χ1n) is 12.0. The van der Waals surface area contributed by atoms with Crippen LogP contribution < -0.4 is 15.4 Å². The summed E-state index contributed by atoms with van der Waals surface area (Å²) in [5, 5.41) is 6.22. The van der Waals surface area contributed by atoms with Crippen LogP contribution in [0.3, 0.4) is 0 Å². The van der Waals surface area contributed by atoms with Crippen molar-refractivity contribution in [1.82, 2.24) is 4.90 Å². The van der Waals surface area contributed by atoms with Gasteiger partial charge in [0.15, 0.2) is 0 Å². The van der Waals surface area contributed by atoms with Crippen molar-refractivity contribution in [1.29, 1.82) is 0 Å². The summed E-state index contributed by atoms with van der Waals surface area (Å²) in [4.78, 5) is 14.7. The van der Waals surface area contributed by atoms with Crippen molar-refractivity contribution in [3.05, 3.63) is 118 Å². The van der Waals surface area contributed by atoms with Gasteiger partial charge in [-0.2, -0.15) is 0 Å². The number of ether oxygens (including phenoxy) is 1. The lowest BCUT2D eigenvalue weighted by atomic mass is 9.88. The molecule has 1 heterocycles. The molecule has 36 heavy (non-hydrogen) atoms. The highest BCUT2D eigenvalue weighted by Crippen LogP contribution is 2.36. The van der Waals surface area contributed by atoms with Crippen LogP contribution in [0.15, 0.2) is 91.0 Å². The Hall–Kier alpha value is -3.80. The van der Waals surface area contributed by atoms with Gasteiger partial charge in [-0.3, -0.25) is 4.90 Å². The molecule has 0 saturated heterocycles. The molecule has 0 spiro atoms. The Bertz CT molecular complexity index is 1350. The lowest BCUT2D eigenvalue weighted by Gasteiger charge is -2.35. The van der Waals surface area contributed by atoms with Gasteiger partial charge in [-0.1, -0.05) is 47.5 Å². The van der Waals surface area contributed by atoms with Crippen molar-refractivity contribution < 1.29 is 9.53 Å². The molecule has 1 atom stereocenters. The number of hydrogen-bond acceptors (Lipinski definition) is 3. The van der Waals surface area contributed by atoms with E-state index in [1.807, 2.05) is 30.3 Å². The van der Waals surface area contributed by atoms with Gasteiger partial charge in [-0.15, -0.1) is 0 Å². The molecule has 182 valence electrons. The zero-order chi connectivity index (χ0) is 25.1. The van der Waals surface area contributed by atoms with Crippen LogP contribution in [0.2, 0.25) is 5.02 Å². The van der Waals surface area contributed by atoms with Crippen molar-refractivity contribution in [2.24, 2.45) is 0 Å². The molecule has 2 N–H and O–H groups in total. The van der Waals surface area contributed by atoms with Gasteiger partial charge in [0, 0.05) is 22.9 Å². The first kappa shape index (κ1) is 23.9. The molecule has 5 nitrogen and oxygen atoms in total. The number of amides is 2. The predicted molar refractivity (Wildman–Crippen MR) is 146 cm³/mol. The predicted octanol–water partition coefficient (Wildman–Crippen LogP) is 7.66. The quantitative estimate of drug-likeness (QED) is 0.297. The fourth-order valence-electron chi connectivity index (χ4n) is 4.54. The van der Waals surface area contributed by atoms with Crippen LogP contribution in [0.1, 0.15) is 28.3 Å². The summed E-state index contributed by atoms with van der Waals surface area (Å²) in [6.45, 7) is 3.11. The molecule has 0 radical (unpaired) electrons. The SMILES string of the molecule is Cc1ccc(C2c3ccc(Oc4ccc(NC(=O)Nc5ccc(Cl)cc5)cc4)cc3CCN2C)cc1. The third-order valence-electron chi connectivity index (χ3n) is 6.43. The topological polar surface area (TPSA) is 53.6 Å². The Labute approximate surface area is 216 Å². The van der Waals surface area contributed by atoms with Crippen LogP contribution in [0, 0.1) is 6.92 Å². The molecule has 1 unspecified atom stereocenters.